The van der Waals surface area contributed by atoms with Gasteiger partial charge >= 0.3 is 6.03 Å². The molecule has 5 nitrogen and oxygen atoms in total. The molecule has 1 aromatic heterocycles. The third-order valence-corrected chi connectivity index (χ3v) is 4.10. The first-order valence-electron chi connectivity index (χ1n) is 7.65. The van der Waals surface area contributed by atoms with E-state index in [4.69, 9.17) is 16.3 Å². The van der Waals surface area contributed by atoms with Gasteiger partial charge < -0.3 is 15.0 Å². The number of nitrogens with zero attached hydrogens (tertiary/aromatic N) is 2. The van der Waals surface area contributed by atoms with E-state index in [1.807, 2.05) is 0 Å². The van der Waals surface area contributed by atoms with Crippen LogP contribution in [0.1, 0.15) is 12.0 Å². The molecule has 1 aliphatic rings. The maximum absolute atomic E-state index is 12.9. The topological polar surface area (TPSA) is 54.5 Å². The van der Waals surface area contributed by atoms with Crippen LogP contribution in [0, 0.1) is 5.82 Å². The first-order chi connectivity index (χ1) is 11.6. The van der Waals surface area contributed by atoms with Gasteiger partial charge in [-0.3, -0.25) is 4.98 Å². The second-order valence-electron chi connectivity index (χ2n) is 5.57. The average molecular weight is 350 g/mol. The standard InChI is InChI=1S/C17H17ClFN3O2/c18-15-10-20-7-5-16(15)24-14-6-8-22(11-14)17(23)21-9-12-1-3-13(19)4-2-12/h1-5,7,10,14H,6,8-9,11H2,(H,21,23)/t14-/m0/s1. The highest BCUT2D eigenvalue weighted by atomic mass is 35.5. The Kier molecular flexibility index (Phi) is 5.15. The van der Waals surface area contributed by atoms with Gasteiger partial charge in [0, 0.05) is 38.0 Å². The lowest BCUT2D eigenvalue weighted by atomic mass is 10.2. The Morgan fingerprint density at radius 3 is 2.92 bits per heavy atom. The number of amides is 2. The number of benzene rings is 1. The molecule has 1 aromatic carbocycles. The van der Waals surface area contributed by atoms with E-state index in [9.17, 15) is 9.18 Å². The van der Waals surface area contributed by atoms with Crippen LogP contribution in [0.2, 0.25) is 5.02 Å². The molecule has 3 rings (SSSR count). The number of aromatic nitrogens is 1. The quantitative estimate of drug-likeness (QED) is 0.922. The van der Waals surface area contributed by atoms with Crippen molar-refractivity contribution >= 4 is 17.6 Å². The second-order valence-corrected chi connectivity index (χ2v) is 5.97. The van der Waals surface area contributed by atoms with Crippen molar-refractivity contribution in [2.24, 2.45) is 0 Å². The van der Waals surface area contributed by atoms with Crippen LogP contribution < -0.4 is 10.1 Å². The number of ether oxygens (including phenoxy) is 1. The molecule has 0 saturated carbocycles. The fraction of sp³-hybridized carbons (Fsp3) is 0.294. The third kappa shape index (κ3) is 4.14. The smallest absolute Gasteiger partial charge is 0.317 e. The average Bonchev–Trinajstić information content (AvgIpc) is 3.05. The van der Waals surface area contributed by atoms with Gasteiger partial charge in [-0.1, -0.05) is 23.7 Å². The van der Waals surface area contributed by atoms with E-state index in [2.05, 4.69) is 10.3 Å². The number of nitrogens with one attached hydrogen (secondary N) is 1. The lowest BCUT2D eigenvalue weighted by molar-refractivity contribution is 0.186. The van der Waals surface area contributed by atoms with Crippen molar-refractivity contribution in [3.05, 3.63) is 59.1 Å². The Bertz CT molecular complexity index is 711. The summed E-state index contributed by atoms with van der Waals surface area (Å²) < 4.78 is 18.7. The van der Waals surface area contributed by atoms with E-state index in [1.54, 1.807) is 29.3 Å². The molecule has 2 amide bonds. The Morgan fingerprint density at radius 2 is 2.17 bits per heavy atom. The maximum atomic E-state index is 12.9. The molecule has 24 heavy (non-hydrogen) atoms. The zero-order valence-corrected chi connectivity index (χ0v) is 13.7. The van der Waals surface area contributed by atoms with Crippen LogP contribution >= 0.6 is 11.6 Å². The van der Waals surface area contributed by atoms with Gasteiger partial charge in [-0.25, -0.2) is 9.18 Å². The molecule has 0 spiro atoms. The summed E-state index contributed by atoms with van der Waals surface area (Å²) in [7, 11) is 0. The Labute approximate surface area is 144 Å². The first-order valence-corrected chi connectivity index (χ1v) is 8.03. The molecule has 7 heteroatoms. The number of likely N-dealkylation sites (tertiary alicyclic amines) is 1. The molecule has 1 fully saturated rings. The van der Waals surface area contributed by atoms with E-state index < -0.39 is 0 Å². The fourth-order valence-electron chi connectivity index (χ4n) is 2.54. The second kappa shape index (κ2) is 7.49. The molecular formula is C17H17ClFN3O2. The number of rotatable bonds is 4. The van der Waals surface area contributed by atoms with Crippen LogP contribution in [-0.4, -0.2) is 35.1 Å². The molecule has 0 bridgehead atoms. The van der Waals surface area contributed by atoms with Crippen LogP contribution in [0.25, 0.3) is 0 Å². The molecule has 0 radical (unpaired) electrons. The first kappa shape index (κ1) is 16.5. The van der Waals surface area contributed by atoms with Gasteiger partial charge in [0.05, 0.1) is 6.54 Å². The minimum absolute atomic E-state index is 0.0959. The third-order valence-electron chi connectivity index (χ3n) is 3.82. The molecule has 0 aliphatic carbocycles. The highest BCUT2D eigenvalue weighted by Crippen LogP contribution is 2.25. The van der Waals surface area contributed by atoms with Crippen molar-refractivity contribution in [1.82, 2.24) is 15.2 Å². The zero-order chi connectivity index (χ0) is 16.9. The van der Waals surface area contributed by atoms with Crippen LogP contribution in [0.5, 0.6) is 5.75 Å². The molecule has 2 aromatic rings. The summed E-state index contributed by atoms with van der Waals surface area (Å²) in [6, 6.07) is 7.60. The lowest BCUT2D eigenvalue weighted by Crippen LogP contribution is -2.39. The molecule has 126 valence electrons. The Morgan fingerprint density at radius 1 is 1.38 bits per heavy atom. The minimum Gasteiger partial charge on any atom is -0.487 e. The summed E-state index contributed by atoms with van der Waals surface area (Å²) in [6.45, 7) is 1.47. The highest BCUT2D eigenvalue weighted by molar-refractivity contribution is 6.31. The van der Waals surface area contributed by atoms with Gasteiger partial charge in [0.25, 0.3) is 0 Å². The largest absolute Gasteiger partial charge is 0.487 e. The summed E-state index contributed by atoms with van der Waals surface area (Å²) >= 11 is 6.02. The number of pyridine rings is 1. The molecule has 0 unspecified atom stereocenters. The summed E-state index contributed by atoms with van der Waals surface area (Å²) in [5, 5.41) is 3.28. The number of halogens is 2. The Balaban J connectivity index is 1.49. The molecule has 1 atom stereocenters. The predicted octanol–water partition coefficient (Wildman–Crippen LogP) is 3.24. The molecular weight excluding hydrogens is 333 g/mol. The van der Waals surface area contributed by atoms with Crippen molar-refractivity contribution in [2.75, 3.05) is 13.1 Å². The van der Waals surface area contributed by atoms with Crippen LogP contribution in [-0.2, 0) is 6.54 Å². The normalized spacial score (nSPS) is 16.9. The number of carbonyl (C=O) groups is 1. The minimum atomic E-state index is -0.292. The van der Waals surface area contributed by atoms with Crippen molar-refractivity contribution < 1.29 is 13.9 Å². The van der Waals surface area contributed by atoms with Crippen molar-refractivity contribution in [3.8, 4) is 5.75 Å². The number of carbonyl (C=O) groups excluding carboxylic acids is 1. The number of urea groups is 1. The highest BCUT2D eigenvalue weighted by Gasteiger charge is 2.27. The summed E-state index contributed by atoms with van der Waals surface area (Å²) in [5.41, 5.74) is 0.848. The van der Waals surface area contributed by atoms with Crippen LogP contribution in [0.4, 0.5) is 9.18 Å². The van der Waals surface area contributed by atoms with Gasteiger partial charge in [-0.05, 0) is 17.7 Å². The molecule has 2 heterocycles. The van der Waals surface area contributed by atoms with Gasteiger partial charge in [-0.15, -0.1) is 0 Å². The van der Waals surface area contributed by atoms with Gasteiger partial charge in [0.1, 0.15) is 22.7 Å². The van der Waals surface area contributed by atoms with E-state index in [0.717, 1.165) is 12.0 Å². The van der Waals surface area contributed by atoms with Gasteiger partial charge in [0.15, 0.2) is 0 Å². The predicted molar refractivity (Wildman–Crippen MR) is 88.5 cm³/mol. The zero-order valence-electron chi connectivity index (χ0n) is 12.9. The monoisotopic (exact) mass is 349 g/mol. The van der Waals surface area contributed by atoms with Crippen LogP contribution in [0.3, 0.4) is 0 Å². The number of hydrogen-bond acceptors (Lipinski definition) is 3. The fourth-order valence-corrected chi connectivity index (χ4v) is 2.70. The van der Waals surface area contributed by atoms with E-state index in [0.29, 0.717) is 30.4 Å². The van der Waals surface area contributed by atoms with E-state index >= 15 is 0 Å². The van der Waals surface area contributed by atoms with Gasteiger partial charge in [-0.2, -0.15) is 0 Å². The SMILES string of the molecule is O=C(NCc1ccc(F)cc1)N1CC[C@H](Oc2ccncc2Cl)C1. The summed E-state index contributed by atoms with van der Waals surface area (Å²) in [6.07, 6.45) is 3.78. The van der Waals surface area contributed by atoms with Crippen molar-refractivity contribution in [1.29, 1.82) is 0 Å². The molecule has 1 aliphatic heterocycles. The molecule has 1 saturated heterocycles. The summed E-state index contributed by atoms with van der Waals surface area (Å²) in [4.78, 5) is 17.8. The molecule has 1 N–H and O–H groups in total. The number of hydrogen-bond donors (Lipinski definition) is 1. The van der Waals surface area contributed by atoms with Crippen LogP contribution in [0.15, 0.2) is 42.7 Å². The van der Waals surface area contributed by atoms with Crippen molar-refractivity contribution in [2.45, 2.75) is 19.1 Å². The Hall–Kier alpha value is -2.34. The van der Waals surface area contributed by atoms with Crippen molar-refractivity contribution in [3.63, 3.8) is 0 Å². The summed E-state index contributed by atoms with van der Waals surface area (Å²) in [5.74, 6) is 0.282. The maximum Gasteiger partial charge on any atom is 0.317 e. The van der Waals surface area contributed by atoms with E-state index in [-0.39, 0.29) is 18.0 Å². The van der Waals surface area contributed by atoms with Gasteiger partial charge in [0.2, 0.25) is 0 Å². The lowest BCUT2D eigenvalue weighted by Gasteiger charge is -2.18. The van der Waals surface area contributed by atoms with E-state index in [1.165, 1.54) is 18.3 Å².